The van der Waals surface area contributed by atoms with Crippen LogP contribution in [0.2, 0.25) is 0 Å². The Hall–Kier alpha value is -0.940. The first-order valence-corrected chi connectivity index (χ1v) is 6.97. The summed E-state index contributed by atoms with van der Waals surface area (Å²) in [6, 6.07) is 0. The van der Waals surface area contributed by atoms with E-state index >= 15 is 0 Å². The van der Waals surface area contributed by atoms with Crippen LogP contribution in [-0.4, -0.2) is 29.9 Å². The van der Waals surface area contributed by atoms with Crippen molar-refractivity contribution in [1.29, 1.82) is 0 Å². The third-order valence-corrected chi connectivity index (χ3v) is 4.26. The first-order chi connectivity index (χ1) is 8.86. The van der Waals surface area contributed by atoms with Crippen molar-refractivity contribution in [2.24, 2.45) is 17.6 Å². The quantitative estimate of drug-likeness (QED) is 0.877. The van der Waals surface area contributed by atoms with E-state index < -0.39 is 0 Å². The molecule has 1 saturated carbocycles. The molecule has 0 aromatic carbocycles. The summed E-state index contributed by atoms with van der Waals surface area (Å²) >= 11 is 0. The number of rotatable bonds is 4. The van der Waals surface area contributed by atoms with Gasteiger partial charge in [0.05, 0.1) is 0 Å². The fourth-order valence-electron chi connectivity index (χ4n) is 3.15. The minimum atomic E-state index is 0.385. The highest BCUT2D eigenvalue weighted by Crippen LogP contribution is 2.38. The van der Waals surface area contributed by atoms with Crippen molar-refractivity contribution in [2.45, 2.75) is 38.0 Å². The Kier molecular flexibility index (Phi) is 3.61. The molecule has 1 saturated heterocycles. The number of ether oxygens (including phenoxy) is 1. The van der Waals surface area contributed by atoms with Crippen LogP contribution in [0.4, 0.5) is 0 Å². The van der Waals surface area contributed by atoms with Gasteiger partial charge in [-0.1, -0.05) is 11.6 Å². The highest BCUT2D eigenvalue weighted by molar-refractivity contribution is 5.01. The molecule has 2 N–H and O–H groups in total. The van der Waals surface area contributed by atoms with Crippen molar-refractivity contribution in [3.63, 3.8) is 0 Å². The third kappa shape index (κ3) is 2.42. The molecule has 1 aromatic heterocycles. The monoisotopic (exact) mass is 251 g/mol. The van der Waals surface area contributed by atoms with Crippen molar-refractivity contribution in [2.75, 3.05) is 19.8 Å². The maximum absolute atomic E-state index is 5.79. The van der Waals surface area contributed by atoms with Gasteiger partial charge in [-0.25, -0.2) is 0 Å². The molecular formula is C13H21N3O2. The van der Waals surface area contributed by atoms with E-state index in [4.69, 9.17) is 15.0 Å². The minimum Gasteiger partial charge on any atom is -0.381 e. The van der Waals surface area contributed by atoms with Gasteiger partial charge in [0.25, 0.3) is 0 Å². The number of nitrogens with two attached hydrogens (primary N) is 1. The van der Waals surface area contributed by atoms with Crippen LogP contribution in [0.3, 0.4) is 0 Å². The zero-order chi connectivity index (χ0) is 12.4. The lowest BCUT2D eigenvalue weighted by molar-refractivity contribution is 0.185. The second-order valence-corrected chi connectivity index (χ2v) is 5.52. The van der Waals surface area contributed by atoms with Gasteiger partial charge in [-0.15, -0.1) is 0 Å². The molecule has 0 radical (unpaired) electrons. The van der Waals surface area contributed by atoms with E-state index in [9.17, 15) is 0 Å². The van der Waals surface area contributed by atoms with E-state index in [0.717, 1.165) is 50.7 Å². The third-order valence-electron chi connectivity index (χ3n) is 4.26. The van der Waals surface area contributed by atoms with Gasteiger partial charge in [0.15, 0.2) is 5.82 Å². The molecule has 2 fully saturated rings. The average molecular weight is 251 g/mol. The number of nitrogens with zero attached hydrogens (tertiary/aromatic N) is 2. The first kappa shape index (κ1) is 12.1. The highest BCUT2D eigenvalue weighted by atomic mass is 16.5. The van der Waals surface area contributed by atoms with Crippen LogP contribution in [0.25, 0.3) is 0 Å². The van der Waals surface area contributed by atoms with Gasteiger partial charge in [-0.3, -0.25) is 0 Å². The maximum atomic E-state index is 5.79. The van der Waals surface area contributed by atoms with Crippen molar-refractivity contribution >= 4 is 0 Å². The van der Waals surface area contributed by atoms with E-state index in [1.165, 1.54) is 12.8 Å². The summed E-state index contributed by atoms with van der Waals surface area (Å²) < 4.78 is 10.8. The summed E-state index contributed by atoms with van der Waals surface area (Å²) in [5, 5.41) is 4.11. The molecule has 5 nitrogen and oxygen atoms in total. The van der Waals surface area contributed by atoms with Crippen molar-refractivity contribution in [3.8, 4) is 0 Å². The molecule has 1 aromatic rings. The lowest BCUT2D eigenvalue weighted by atomic mass is 9.96. The molecule has 1 aliphatic heterocycles. The SMILES string of the molecule is NCC1CCCC1c1nc(CC2CCOC2)no1. The van der Waals surface area contributed by atoms with E-state index in [0.29, 0.717) is 17.8 Å². The molecule has 0 spiro atoms. The summed E-state index contributed by atoms with van der Waals surface area (Å²) in [5.41, 5.74) is 5.79. The molecular weight excluding hydrogens is 230 g/mol. The Morgan fingerprint density at radius 3 is 3.00 bits per heavy atom. The van der Waals surface area contributed by atoms with Crippen molar-refractivity contribution < 1.29 is 9.26 Å². The molecule has 3 rings (SSSR count). The van der Waals surface area contributed by atoms with E-state index in [1.54, 1.807) is 0 Å². The van der Waals surface area contributed by atoms with Crippen LogP contribution in [0, 0.1) is 11.8 Å². The van der Waals surface area contributed by atoms with Gasteiger partial charge < -0.3 is 15.0 Å². The van der Waals surface area contributed by atoms with Crippen molar-refractivity contribution in [3.05, 3.63) is 11.7 Å². The maximum Gasteiger partial charge on any atom is 0.230 e. The van der Waals surface area contributed by atoms with E-state index in [-0.39, 0.29) is 0 Å². The smallest absolute Gasteiger partial charge is 0.230 e. The lowest BCUT2D eigenvalue weighted by Crippen LogP contribution is -2.17. The molecule has 100 valence electrons. The fourth-order valence-corrected chi connectivity index (χ4v) is 3.15. The summed E-state index contributed by atoms with van der Waals surface area (Å²) in [7, 11) is 0. The Morgan fingerprint density at radius 2 is 2.22 bits per heavy atom. The molecule has 2 heterocycles. The van der Waals surface area contributed by atoms with Gasteiger partial charge in [0.1, 0.15) is 0 Å². The normalized spacial score (nSPS) is 32.2. The molecule has 3 atom stereocenters. The minimum absolute atomic E-state index is 0.385. The molecule has 1 aliphatic carbocycles. The zero-order valence-corrected chi connectivity index (χ0v) is 10.7. The largest absolute Gasteiger partial charge is 0.381 e. The van der Waals surface area contributed by atoms with Crippen molar-refractivity contribution in [1.82, 2.24) is 10.1 Å². The van der Waals surface area contributed by atoms with Gasteiger partial charge in [-0.05, 0) is 37.6 Å². The van der Waals surface area contributed by atoms with Crippen LogP contribution in [-0.2, 0) is 11.2 Å². The van der Waals surface area contributed by atoms with E-state index in [1.807, 2.05) is 0 Å². The second-order valence-electron chi connectivity index (χ2n) is 5.52. The first-order valence-electron chi connectivity index (χ1n) is 6.97. The summed E-state index contributed by atoms with van der Waals surface area (Å²) in [5.74, 6) is 3.11. The molecule has 3 unspecified atom stereocenters. The number of hydrogen-bond acceptors (Lipinski definition) is 5. The summed E-state index contributed by atoms with van der Waals surface area (Å²) in [6.07, 6.45) is 5.54. The van der Waals surface area contributed by atoms with Crippen LogP contribution < -0.4 is 5.73 Å². The standard InChI is InChI=1S/C13H21N3O2/c14-7-10-2-1-3-11(10)13-15-12(16-18-13)6-9-4-5-17-8-9/h9-11H,1-8,14H2. The van der Waals surface area contributed by atoms with Crippen LogP contribution in [0.1, 0.15) is 43.3 Å². The molecule has 0 amide bonds. The lowest BCUT2D eigenvalue weighted by Gasteiger charge is -2.12. The topological polar surface area (TPSA) is 74.2 Å². The number of hydrogen-bond donors (Lipinski definition) is 1. The Bertz CT molecular complexity index is 387. The summed E-state index contributed by atoms with van der Waals surface area (Å²) in [4.78, 5) is 4.57. The van der Waals surface area contributed by atoms with Gasteiger partial charge in [-0.2, -0.15) is 4.98 Å². The van der Waals surface area contributed by atoms with Gasteiger partial charge >= 0.3 is 0 Å². The predicted molar refractivity (Wildman–Crippen MR) is 66.1 cm³/mol. The Labute approximate surface area is 107 Å². The fraction of sp³-hybridized carbons (Fsp3) is 0.846. The molecule has 5 heteroatoms. The highest BCUT2D eigenvalue weighted by Gasteiger charge is 2.32. The zero-order valence-electron chi connectivity index (χ0n) is 10.7. The van der Waals surface area contributed by atoms with Crippen LogP contribution in [0.15, 0.2) is 4.52 Å². The average Bonchev–Trinajstić information content (AvgIpc) is 3.09. The van der Waals surface area contributed by atoms with Crippen LogP contribution >= 0.6 is 0 Å². The molecule has 0 bridgehead atoms. The summed E-state index contributed by atoms with van der Waals surface area (Å²) in [6.45, 7) is 2.42. The predicted octanol–water partition coefficient (Wildman–Crippen LogP) is 1.49. The Balaban J connectivity index is 1.65. The van der Waals surface area contributed by atoms with Gasteiger partial charge in [0, 0.05) is 25.6 Å². The second kappa shape index (κ2) is 5.36. The number of aromatic nitrogens is 2. The molecule has 2 aliphatic rings. The van der Waals surface area contributed by atoms with Crippen LogP contribution in [0.5, 0.6) is 0 Å². The van der Waals surface area contributed by atoms with Gasteiger partial charge in [0.2, 0.25) is 5.89 Å². The van der Waals surface area contributed by atoms with E-state index in [2.05, 4.69) is 10.1 Å². The Morgan fingerprint density at radius 1 is 1.28 bits per heavy atom. The molecule has 18 heavy (non-hydrogen) atoms.